The Kier molecular flexibility index (Phi) is 7.67. The molecule has 1 saturated heterocycles. The molecule has 9 nitrogen and oxygen atoms in total. The highest BCUT2D eigenvalue weighted by Gasteiger charge is 2.34. The van der Waals surface area contributed by atoms with Gasteiger partial charge < -0.3 is 29.6 Å². The van der Waals surface area contributed by atoms with Crippen LogP contribution < -0.4 is 15.4 Å². The highest BCUT2D eigenvalue weighted by molar-refractivity contribution is 5.95. The van der Waals surface area contributed by atoms with Crippen molar-refractivity contribution < 1.29 is 28.5 Å². The van der Waals surface area contributed by atoms with Gasteiger partial charge in [0.1, 0.15) is 5.75 Å². The highest BCUT2D eigenvalue weighted by Crippen LogP contribution is 2.31. The highest BCUT2D eigenvalue weighted by atomic mass is 16.5. The molecule has 3 rings (SSSR count). The molecule has 2 aliphatic rings. The minimum Gasteiger partial charge on any atom is -0.496 e. The van der Waals surface area contributed by atoms with Gasteiger partial charge in [0.15, 0.2) is 0 Å². The molecule has 0 radical (unpaired) electrons. The zero-order valence-corrected chi connectivity index (χ0v) is 17.7. The number of nitrogens with one attached hydrogen (secondary N) is 2. The van der Waals surface area contributed by atoms with E-state index in [1.807, 2.05) is 18.2 Å². The lowest BCUT2D eigenvalue weighted by atomic mass is 9.93. The van der Waals surface area contributed by atoms with E-state index in [2.05, 4.69) is 15.5 Å². The van der Waals surface area contributed by atoms with E-state index in [0.717, 1.165) is 24.2 Å². The molecule has 0 unspecified atom stereocenters. The number of rotatable bonds is 8. The molecule has 1 aromatic rings. The zero-order chi connectivity index (χ0) is 21.5. The number of amides is 2. The monoisotopic (exact) mass is 419 g/mol. The van der Waals surface area contributed by atoms with Crippen LogP contribution in [0.2, 0.25) is 0 Å². The summed E-state index contributed by atoms with van der Waals surface area (Å²) < 4.78 is 21.4. The average molecular weight is 419 g/mol. The summed E-state index contributed by atoms with van der Waals surface area (Å²) in [7, 11) is 3.19. The Bertz CT molecular complexity index is 804. The molecule has 0 spiro atoms. The van der Waals surface area contributed by atoms with Gasteiger partial charge in [-0.3, -0.25) is 4.90 Å². The molecule has 2 N–H and O–H groups in total. The number of carbonyl (C=O) groups is 2. The number of hydrogen-bond acceptors (Lipinski definition) is 7. The van der Waals surface area contributed by atoms with Crippen LogP contribution in [0.3, 0.4) is 0 Å². The summed E-state index contributed by atoms with van der Waals surface area (Å²) in [6, 6.07) is 4.52. The van der Waals surface area contributed by atoms with Crippen LogP contribution in [0.1, 0.15) is 24.1 Å². The Morgan fingerprint density at radius 2 is 2.03 bits per heavy atom. The van der Waals surface area contributed by atoms with Gasteiger partial charge in [-0.15, -0.1) is 0 Å². The van der Waals surface area contributed by atoms with Crippen molar-refractivity contribution in [1.82, 2.24) is 15.5 Å². The summed E-state index contributed by atoms with van der Waals surface area (Å²) >= 11 is 0. The van der Waals surface area contributed by atoms with Crippen LogP contribution in [0.4, 0.5) is 4.79 Å². The second-order valence-corrected chi connectivity index (χ2v) is 7.04. The predicted molar refractivity (Wildman–Crippen MR) is 109 cm³/mol. The third kappa shape index (κ3) is 5.10. The minimum atomic E-state index is -0.643. The Morgan fingerprint density at radius 1 is 1.27 bits per heavy atom. The van der Waals surface area contributed by atoms with E-state index in [4.69, 9.17) is 18.9 Å². The van der Waals surface area contributed by atoms with E-state index in [0.29, 0.717) is 43.4 Å². The zero-order valence-electron chi connectivity index (χ0n) is 17.7. The Balaban J connectivity index is 2.01. The van der Waals surface area contributed by atoms with Crippen molar-refractivity contribution in [3.63, 3.8) is 0 Å². The van der Waals surface area contributed by atoms with E-state index in [1.165, 1.54) is 0 Å². The lowest BCUT2D eigenvalue weighted by molar-refractivity contribution is -0.139. The molecular weight excluding hydrogens is 390 g/mol. The van der Waals surface area contributed by atoms with Gasteiger partial charge >= 0.3 is 12.0 Å². The number of urea groups is 1. The van der Waals surface area contributed by atoms with Crippen LogP contribution in [0.15, 0.2) is 29.5 Å². The number of morpholine rings is 1. The normalized spacial score (nSPS) is 19.8. The van der Waals surface area contributed by atoms with Gasteiger partial charge in [-0.2, -0.15) is 0 Å². The number of hydrogen-bond donors (Lipinski definition) is 2. The lowest BCUT2D eigenvalue weighted by Gasteiger charge is -2.33. The summed E-state index contributed by atoms with van der Waals surface area (Å²) in [4.78, 5) is 27.5. The number of benzene rings is 1. The molecule has 30 heavy (non-hydrogen) atoms. The molecule has 1 fully saturated rings. The van der Waals surface area contributed by atoms with Crippen molar-refractivity contribution in [2.24, 2.45) is 0 Å². The van der Waals surface area contributed by atoms with E-state index < -0.39 is 12.0 Å². The van der Waals surface area contributed by atoms with Crippen LogP contribution >= 0.6 is 0 Å². The van der Waals surface area contributed by atoms with Crippen LogP contribution in [0, 0.1) is 0 Å². The third-order valence-electron chi connectivity index (χ3n) is 5.07. The first-order chi connectivity index (χ1) is 14.6. The molecule has 0 aromatic heterocycles. The number of methoxy groups -OCH3 is 2. The first-order valence-electron chi connectivity index (χ1n) is 10.0. The Morgan fingerprint density at radius 3 is 2.70 bits per heavy atom. The largest absolute Gasteiger partial charge is 0.496 e. The number of ether oxygens (including phenoxy) is 4. The van der Waals surface area contributed by atoms with Crippen molar-refractivity contribution in [2.45, 2.75) is 19.6 Å². The smallest absolute Gasteiger partial charge is 0.338 e. The van der Waals surface area contributed by atoms with Gasteiger partial charge in [0.25, 0.3) is 0 Å². The van der Waals surface area contributed by atoms with Gasteiger partial charge in [-0.05, 0) is 24.6 Å². The maximum atomic E-state index is 12.9. The quantitative estimate of drug-likeness (QED) is 0.614. The van der Waals surface area contributed by atoms with Gasteiger partial charge in [0.2, 0.25) is 0 Å². The molecular formula is C21H29N3O6. The summed E-state index contributed by atoms with van der Waals surface area (Å²) in [5, 5.41) is 5.67. The molecule has 2 amide bonds. The van der Waals surface area contributed by atoms with E-state index in [1.54, 1.807) is 21.1 Å². The molecule has 1 atom stereocenters. The maximum Gasteiger partial charge on any atom is 0.338 e. The number of nitrogens with zero attached hydrogens (tertiary/aromatic N) is 1. The first kappa shape index (κ1) is 22.1. The summed E-state index contributed by atoms with van der Waals surface area (Å²) in [5.41, 5.74) is 2.52. The average Bonchev–Trinajstić information content (AvgIpc) is 2.74. The number of carbonyl (C=O) groups excluding carboxylic acids is 2. The maximum absolute atomic E-state index is 12.9. The van der Waals surface area contributed by atoms with Crippen LogP contribution in [-0.2, 0) is 25.6 Å². The van der Waals surface area contributed by atoms with E-state index >= 15 is 0 Å². The van der Waals surface area contributed by atoms with Gasteiger partial charge in [0, 0.05) is 38.0 Å². The molecule has 0 aliphatic carbocycles. The van der Waals surface area contributed by atoms with Crippen LogP contribution in [0.5, 0.6) is 5.75 Å². The molecule has 0 bridgehead atoms. The molecule has 0 saturated carbocycles. The van der Waals surface area contributed by atoms with Crippen LogP contribution in [0.25, 0.3) is 0 Å². The van der Waals surface area contributed by atoms with Crippen molar-refractivity contribution in [3.05, 3.63) is 40.6 Å². The second kappa shape index (κ2) is 10.4. The van der Waals surface area contributed by atoms with Crippen molar-refractivity contribution >= 4 is 12.0 Å². The predicted octanol–water partition coefficient (Wildman–Crippen LogP) is 1.34. The topological polar surface area (TPSA) is 98.4 Å². The Labute approximate surface area is 176 Å². The summed E-state index contributed by atoms with van der Waals surface area (Å²) in [6.07, 6.45) is 0. The van der Waals surface area contributed by atoms with Crippen molar-refractivity contribution in [3.8, 4) is 5.75 Å². The molecule has 9 heteroatoms. The fraction of sp³-hybridized carbons (Fsp3) is 0.524. The molecule has 1 aromatic carbocycles. The van der Waals surface area contributed by atoms with Crippen molar-refractivity contribution in [2.75, 3.05) is 53.7 Å². The third-order valence-corrected chi connectivity index (χ3v) is 5.07. The summed E-state index contributed by atoms with van der Waals surface area (Å²) in [5.74, 6) is 0.221. The summed E-state index contributed by atoms with van der Waals surface area (Å²) in [6.45, 7) is 5.48. The molecule has 164 valence electrons. The fourth-order valence-corrected chi connectivity index (χ4v) is 3.67. The Hall–Kier alpha value is -2.62. The van der Waals surface area contributed by atoms with Gasteiger partial charge in [0.05, 0.1) is 45.2 Å². The second-order valence-electron chi connectivity index (χ2n) is 7.04. The molecule has 2 aliphatic heterocycles. The van der Waals surface area contributed by atoms with E-state index in [-0.39, 0.29) is 12.6 Å². The van der Waals surface area contributed by atoms with Gasteiger partial charge in [-0.1, -0.05) is 6.07 Å². The van der Waals surface area contributed by atoms with Crippen LogP contribution in [-0.4, -0.2) is 70.6 Å². The van der Waals surface area contributed by atoms with E-state index in [9.17, 15) is 9.59 Å². The lowest BCUT2D eigenvalue weighted by Crippen LogP contribution is -2.49. The minimum absolute atomic E-state index is 0.241. The number of esters is 1. The fourth-order valence-electron chi connectivity index (χ4n) is 3.67. The molecule has 2 heterocycles. The van der Waals surface area contributed by atoms with Crippen molar-refractivity contribution in [1.29, 1.82) is 0 Å². The standard InChI is InChI=1S/C21H29N3O6/c1-4-30-20(25)18-16(12-24-7-9-29-10-8-24)22-21(26)23-19(18)14-5-6-17(28-3)15(11-14)13-27-2/h5-6,11,19H,4,7-10,12-13H2,1-3H3,(H2,22,23,26)/t19-/m0/s1. The SMILES string of the molecule is CCOC(=O)C1=C(CN2CCOCC2)NC(=O)N[C@H]1c1ccc(OC)c(COC)c1. The van der Waals surface area contributed by atoms with Gasteiger partial charge in [-0.25, -0.2) is 9.59 Å². The first-order valence-corrected chi connectivity index (χ1v) is 10.0.